The van der Waals surface area contributed by atoms with Gasteiger partial charge in [0, 0.05) is 16.6 Å². The van der Waals surface area contributed by atoms with Crippen LogP contribution in [0.5, 0.6) is 0 Å². The van der Waals surface area contributed by atoms with Gasteiger partial charge in [-0.15, -0.1) is 0 Å². The number of benzene rings is 2. The molecule has 0 saturated carbocycles. The second kappa shape index (κ2) is 8.26. The van der Waals surface area contributed by atoms with E-state index >= 15 is 0 Å². The molecule has 8 nitrogen and oxygen atoms in total. The van der Waals surface area contributed by atoms with Crippen LogP contribution in [0.25, 0.3) is 10.9 Å². The SMILES string of the molecule is C[C@H](NC(=O)c1n[nH]c2cc(NC(=O)c3ccc(Cl)c(C(F)(F)F)c3)ccc12)C(N)=O. The topological polar surface area (TPSA) is 130 Å². The van der Waals surface area contributed by atoms with Gasteiger partial charge in [-0.3, -0.25) is 19.5 Å². The number of aromatic nitrogens is 2. The lowest BCUT2D eigenvalue weighted by molar-refractivity contribution is -0.137. The molecular weight excluding hydrogens is 439 g/mol. The Balaban J connectivity index is 1.81. The summed E-state index contributed by atoms with van der Waals surface area (Å²) in [5, 5.41) is 11.3. The van der Waals surface area contributed by atoms with E-state index in [2.05, 4.69) is 20.8 Å². The number of carbonyl (C=O) groups excluding carboxylic acids is 3. The molecule has 3 rings (SSSR count). The lowest BCUT2D eigenvalue weighted by Gasteiger charge is -2.11. The number of nitrogens with zero attached hydrogens (tertiary/aromatic N) is 1. The molecule has 0 saturated heterocycles. The summed E-state index contributed by atoms with van der Waals surface area (Å²) in [5.41, 5.74) is 4.40. The fourth-order valence-electron chi connectivity index (χ4n) is 2.69. The van der Waals surface area contributed by atoms with E-state index in [1.165, 1.54) is 31.2 Å². The van der Waals surface area contributed by atoms with Crippen molar-refractivity contribution in [2.24, 2.45) is 5.73 Å². The predicted molar refractivity (Wildman–Crippen MR) is 107 cm³/mol. The Morgan fingerprint density at radius 3 is 2.48 bits per heavy atom. The lowest BCUT2D eigenvalue weighted by atomic mass is 10.1. The summed E-state index contributed by atoms with van der Waals surface area (Å²) in [7, 11) is 0. The third kappa shape index (κ3) is 4.77. The first kappa shape index (κ1) is 22.1. The molecule has 0 aliphatic carbocycles. The summed E-state index contributed by atoms with van der Waals surface area (Å²) in [6, 6.07) is 6.31. The molecule has 162 valence electrons. The van der Waals surface area contributed by atoms with Crippen molar-refractivity contribution in [2.75, 3.05) is 5.32 Å². The van der Waals surface area contributed by atoms with E-state index in [9.17, 15) is 27.6 Å². The van der Waals surface area contributed by atoms with Crippen LogP contribution >= 0.6 is 11.6 Å². The second-order valence-electron chi connectivity index (χ2n) is 6.58. The van der Waals surface area contributed by atoms with Crippen molar-refractivity contribution in [1.82, 2.24) is 15.5 Å². The number of anilines is 1. The Morgan fingerprint density at radius 1 is 1.13 bits per heavy atom. The first-order valence-corrected chi connectivity index (χ1v) is 9.11. The largest absolute Gasteiger partial charge is 0.417 e. The number of carbonyl (C=O) groups is 3. The number of fused-ring (bicyclic) bond motifs is 1. The third-order valence-corrected chi connectivity index (χ3v) is 4.67. The predicted octanol–water partition coefficient (Wildman–Crippen LogP) is 3.09. The van der Waals surface area contributed by atoms with Crippen LogP contribution in [0.3, 0.4) is 0 Å². The van der Waals surface area contributed by atoms with Gasteiger partial charge < -0.3 is 16.4 Å². The second-order valence-corrected chi connectivity index (χ2v) is 6.98. The van der Waals surface area contributed by atoms with Crippen LogP contribution in [0.2, 0.25) is 5.02 Å². The first-order valence-electron chi connectivity index (χ1n) is 8.73. The van der Waals surface area contributed by atoms with Crippen LogP contribution in [0.1, 0.15) is 33.3 Å². The maximum atomic E-state index is 13.0. The van der Waals surface area contributed by atoms with Gasteiger partial charge >= 0.3 is 6.18 Å². The van der Waals surface area contributed by atoms with Crippen LogP contribution < -0.4 is 16.4 Å². The fourth-order valence-corrected chi connectivity index (χ4v) is 2.92. The van der Waals surface area contributed by atoms with E-state index in [0.717, 1.165) is 6.07 Å². The van der Waals surface area contributed by atoms with Gasteiger partial charge in [-0.2, -0.15) is 18.3 Å². The molecule has 1 aromatic heterocycles. The minimum absolute atomic E-state index is 0.00787. The monoisotopic (exact) mass is 453 g/mol. The molecule has 0 aliphatic heterocycles. The maximum absolute atomic E-state index is 13.0. The minimum Gasteiger partial charge on any atom is -0.368 e. The van der Waals surface area contributed by atoms with E-state index in [1.54, 1.807) is 0 Å². The normalized spacial score (nSPS) is 12.4. The number of alkyl halides is 3. The summed E-state index contributed by atoms with van der Waals surface area (Å²) in [5.74, 6) is -2.13. The van der Waals surface area contributed by atoms with Gasteiger partial charge in [0.15, 0.2) is 5.69 Å². The van der Waals surface area contributed by atoms with E-state index in [-0.39, 0.29) is 16.9 Å². The number of amides is 3. The molecule has 0 bridgehead atoms. The highest BCUT2D eigenvalue weighted by atomic mass is 35.5. The van der Waals surface area contributed by atoms with E-state index in [1.807, 2.05) is 0 Å². The average Bonchev–Trinajstić information content (AvgIpc) is 3.10. The molecule has 3 amide bonds. The van der Waals surface area contributed by atoms with Gasteiger partial charge in [0.25, 0.3) is 11.8 Å². The molecular formula is C19H15ClF3N5O3. The average molecular weight is 454 g/mol. The number of nitrogens with one attached hydrogen (secondary N) is 3. The number of rotatable bonds is 5. The van der Waals surface area contributed by atoms with Crippen LogP contribution in [0, 0.1) is 0 Å². The molecule has 0 spiro atoms. The Bertz CT molecular complexity index is 1190. The van der Waals surface area contributed by atoms with Crippen molar-refractivity contribution in [1.29, 1.82) is 0 Å². The summed E-state index contributed by atoms with van der Waals surface area (Å²) >= 11 is 5.57. The Kier molecular flexibility index (Phi) is 5.89. The molecule has 0 aliphatic rings. The standard InChI is InChI=1S/C19H15ClF3N5O3/c1-8(16(24)29)25-18(31)15-11-4-3-10(7-14(11)27-28-15)26-17(30)9-2-5-13(20)12(6-9)19(21,22)23/h2-8H,1H3,(H2,24,29)(H,25,31)(H,26,30)(H,27,28)/t8-/m0/s1. The highest BCUT2D eigenvalue weighted by Crippen LogP contribution is 2.35. The van der Waals surface area contributed by atoms with Crippen LogP contribution in [-0.4, -0.2) is 34.0 Å². The number of aromatic amines is 1. The third-order valence-electron chi connectivity index (χ3n) is 4.34. The van der Waals surface area contributed by atoms with Crippen molar-refractivity contribution >= 4 is 45.9 Å². The number of hydrogen-bond donors (Lipinski definition) is 4. The van der Waals surface area contributed by atoms with Gasteiger partial charge in [-0.05, 0) is 43.3 Å². The van der Waals surface area contributed by atoms with Gasteiger partial charge in [0.05, 0.1) is 16.1 Å². The smallest absolute Gasteiger partial charge is 0.368 e. The minimum atomic E-state index is -4.70. The molecule has 5 N–H and O–H groups in total. The molecule has 0 unspecified atom stereocenters. The zero-order chi connectivity index (χ0) is 22.9. The molecule has 3 aromatic rings. The van der Waals surface area contributed by atoms with Gasteiger partial charge in [0.1, 0.15) is 6.04 Å². The Hall–Kier alpha value is -3.60. The van der Waals surface area contributed by atoms with Gasteiger partial charge in [-0.25, -0.2) is 0 Å². The van der Waals surface area contributed by atoms with Gasteiger partial charge in [0.2, 0.25) is 5.91 Å². The number of hydrogen-bond acceptors (Lipinski definition) is 4. The molecule has 1 atom stereocenters. The van der Waals surface area contributed by atoms with Crippen LogP contribution in [-0.2, 0) is 11.0 Å². The van der Waals surface area contributed by atoms with Crippen molar-refractivity contribution in [2.45, 2.75) is 19.1 Å². The first-order chi connectivity index (χ1) is 14.5. The summed E-state index contributed by atoms with van der Waals surface area (Å²) in [6.07, 6.45) is -4.70. The Labute approximate surface area is 177 Å². The number of halogens is 4. The van der Waals surface area contributed by atoms with Gasteiger partial charge in [-0.1, -0.05) is 11.6 Å². The zero-order valence-electron chi connectivity index (χ0n) is 15.8. The lowest BCUT2D eigenvalue weighted by Crippen LogP contribution is -2.42. The van der Waals surface area contributed by atoms with Crippen LogP contribution in [0.15, 0.2) is 36.4 Å². The highest BCUT2D eigenvalue weighted by Gasteiger charge is 2.33. The number of primary amides is 1. The Morgan fingerprint density at radius 2 is 1.84 bits per heavy atom. The molecule has 0 radical (unpaired) electrons. The van der Waals surface area contributed by atoms with E-state index in [4.69, 9.17) is 17.3 Å². The number of H-pyrrole nitrogens is 1. The number of nitrogens with two attached hydrogens (primary N) is 1. The summed E-state index contributed by atoms with van der Waals surface area (Å²) < 4.78 is 39.0. The molecule has 2 aromatic carbocycles. The van der Waals surface area contributed by atoms with Crippen LogP contribution in [0.4, 0.5) is 18.9 Å². The van der Waals surface area contributed by atoms with Crippen molar-refractivity contribution < 1.29 is 27.6 Å². The quantitative estimate of drug-likeness (QED) is 0.473. The van der Waals surface area contributed by atoms with Crippen molar-refractivity contribution in [3.8, 4) is 0 Å². The summed E-state index contributed by atoms with van der Waals surface area (Å²) in [6.45, 7) is 1.42. The van der Waals surface area contributed by atoms with E-state index in [0.29, 0.717) is 17.0 Å². The highest BCUT2D eigenvalue weighted by molar-refractivity contribution is 6.31. The van der Waals surface area contributed by atoms with E-state index < -0.39 is 40.5 Å². The zero-order valence-corrected chi connectivity index (χ0v) is 16.6. The molecule has 31 heavy (non-hydrogen) atoms. The summed E-state index contributed by atoms with van der Waals surface area (Å²) in [4.78, 5) is 35.7. The maximum Gasteiger partial charge on any atom is 0.417 e. The molecule has 12 heteroatoms. The molecule has 0 fully saturated rings. The van der Waals surface area contributed by atoms with Crippen molar-refractivity contribution in [3.05, 3.63) is 58.2 Å². The molecule has 1 heterocycles. The fraction of sp³-hybridized carbons (Fsp3) is 0.158. The van der Waals surface area contributed by atoms with Crippen molar-refractivity contribution in [3.63, 3.8) is 0 Å².